The molecule has 1 N–H and O–H groups in total. The van der Waals surface area contributed by atoms with Gasteiger partial charge in [-0.05, 0) is 75.1 Å². The summed E-state index contributed by atoms with van der Waals surface area (Å²) in [5.41, 5.74) is 0.915. The molecule has 0 saturated carbocycles. The Bertz CT molecular complexity index is 976. The number of benzene rings is 1. The minimum absolute atomic E-state index is 0.00287. The summed E-state index contributed by atoms with van der Waals surface area (Å²) in [5.74, 6) is 1.66. The molecule has 0 unspecified atom stereocenters. The molecule has 1 amide bonds. The molecule has 0 spiro atoms. The van der Waals surface area contributed by atoms with Crippen LogP contribution in [0.1, 0.15) is 35.9 Å². The lowest BCUT2D eigenvalue weighted by molar-refractivity contribution is 0.0954. The Balaban J connectivity index is 1.36. The number of carbonyl (C=O) groups is 1. The predicted octanol–water partition coefficient (Wildman–Crippen LogP) is 4.31. The van der Waals surface area contributed by atoms with Crippen molar-refractivity contribution in [2.45, 2.75) is 26.2 Å². The van der Waals surface area contributed by atoms with Gasteiger partial charge < -0.3 is 15.0 Å². The first-order valence-corrected chi connectivity index (χ1v) is 10.8. The molecule has 0 aliphatic carbocycles. The number of aromatic nitrogens is 1. The van der Waals surface area contributed by atoms with Gasteiger partial charge in [0.15, 0.2) is 0 Å². The van der Waals surface area contributed by atoms with Crippen molar-refractivity contribution in [3.05, 3.63) is 35.2 Å². The number of methoxy groups -OCH3 is 1. The summed E-state index contributed by atoms with van der Waals surface area (Å²) in [5, 5.41) is 5.08. The largest absolute Gasteiger partial charge is 0.497 e. The summed E-state index contributed by atoms with van der Waals surface area (Å²) in [4.78, 5) is 21.4. The molecule has 28 heavy (non-hydrogen) atoms. The molecule has 5 nitrogen and oxygen atoms in total. The Kier molecular flexibility index (Phi) is 5.78. The zero-order valence-electron chi connectivity index (χ0n) is 16.5. The number of rotatable bonds is 6. The standard InChI is InChI=1S/C22H27N3O2S/c1-15-6-10-25(11-7-15)9-3-8-23-21(26)20-14-17-12-16-13-18(27-2)4-5-19(16)24-22(17)28-20/h4-5,12-15H,3,6-11H2,1-2H3,(H,23,26). The van der Waals surface area contributed by atoms with Crippen molar-refractivity contribution in [3.8, 4) is 5.75 Å². The molecule has 0 radical (unpaired) electrons. The van der Waals surface area contributed by atoms with Crippen molar-refractivity contribution in [1.29, 1.82) is 0 Å². The predicted molar refractivity (Wildman–Crippen MR) is 115 cm³/mol. The number of carbonyl (C=O) groups excluding carboxylic acids is 1. The molecule has 3 aromatic rings. The summed E-state index contributed by atoms with van der Waals surface area (Å²) in [6.07, 6.45) is 3.58. The fourth-order valence-corrected chi connectivity index (χ4v) is 4.67. The van der Waals surface area contributed by atoms with Gasteiger partial charge in [0, 0.05) is 17.3 Å². The van der Waals surface area contributed by atoms with Crippen molar-refractivity contribution < 1.29 is 9.53 Å². The van der Waals surface area contributed by atoms with Gasteiger partial charge in [-0.1, -0.05) is 6.92 Å². The van der Waals surface area contributed by atoms with Gasteiger partial charge in [-0.2, -0.15) is 0 Å². The van der Waals surface area contributed by atoms with Gasteiger partial charge in [0.05, 0.1) is 17.5 Å². The molecule has 0 bridgehead atoms. The van der Waals surface area contributed by atoms with Gasteiger partial charge >= 0.3 is 0 Å². The number of thiophene rings is 1. The third-order valence-electron chi connectivity index (χ3n) is 5.54. The van der Waals surface area contributed by atoms with Gasteiger partial charge in [-0.25, -0.2) is 4.98 Å². The molecule has 1 aliphatic rings. The maximum absolute atomic E-state index is 12.5. The van der Waals surface area contributed by atoms with Crippen LogP contribution in [0.15, 0.2) is 30.3 Å². The minimum Gasteiger partial charge on any atom is -0.497 e. The number of likely N-dealkylation sites (tertiary alicyclic amines) is 1. The fraction of sp³-hybridized carbons (Fsp3) is 0.455. The van der Waals surface area contributed by atoms with E-state index in [1.54, 1.807) is 7.11 Å². The summed E-state index contributed by atoms with van der Waals surface area (Å²) in [6, 6.07) is 9.85. The lowest BCUT2D eigenvalue weighted by atomic mass is 9.99. The SMILES string of the molecule is COc1ccc2nc3sc(C(=O)NCCCN4CCC(C)CC4)cc3cc2c1. The summed E-state index contributed by atoms with van der Waals surface area (Å²) >= 11 is 1.45. The van der Waals surface area contributed by atoms with Gasteiger partial charge in [-0.3, -0.25) is 4.79 Å². The van der Waals surface area contributed by atoms with Crippen LogP contribution in [0.5, 0.6) is 5.75 Å². The number of piperidine rings is 1. The molecular formula is C22H27N3O2S. The maximum atomic E-state index is 12.5. The van der Waals surface area contributed by atoms with E-state index in [0.29, 0.717) is 6.54 Å². The second-order valence-electron chi connectivity index (χ2n) is 7.69. The van der Waals surface area contributed by atoms with E-state index < -0.39 is 0 Å². The first-order valence-electron chi connectivity index (χ1n) is 10.0. The maximum Gasteiger partial charge on any atom is 0.261 e. The number of hydrogen-bond acceptors (Lipinski definition) is 5. The average Bonchev–Trinajstić information content (AvgIpc) is 3.13. The van der Waals surface area contributed by atoms with Crippen molar-refractivity contribution in [1.82, 2.24) is 15.2 Å². The Morgan fingerprint density at radius 2 is 2.07 bits per heavy atom. The quantitative estimate of drug-likeness (QED) is 0.630. The topological polar surface area (TPSA) is 54.5 Å². The Labute approximate surface area is 169 Å². The van der Waals surface area contributed by atoms with Crippen LogP contribution in [0.2, 0.25) is 0 Å². The van der Waals surface area contributed by atoms with E-state index in [2.05, 4.69) is 23.2 Å². The van der Waals surface area contributed by atoms with Crippen molar-refractivity contribution in [2.24, 2.45) is 5.92 Å². The first-order chi connectivity index (χ1) is 13.6. The molecule has 1 saturated heterocycles. The van der Waals surface area contributed by atoms with E-state index in [1.807, 2.05) is 24.3 Å². The highest BCUT2D eigenvalue weighted by molar-refractivity contribution is 7.20. The van der Waals surface area contributed by atoms with Crippen LogP contribution in [-0.2, 0) is 0 Å². The Morgan fingerprint density at radius 1 is 1.25 bits per heavy atom. The van der Waals surface area contributed by atoms with E-state index in [4.69, 9.17) is 9.72 Å². The smallest absolute Gasteiger partial charge is 0.261 e. The minimum atomic E-state index is -0.00287. The summed E-state index contributed by atoms with van der Waals surface area (Å²) < 4.78 is 5.29. The number of fused-ring (bicyclic) bond motifs is 2. The Morgan fingerprint density at radius 3 is 2.86 bits per heavy atom. The van der Waals surface area contributed by atoms with Gasteiger partial charge in [-0.15, -0.1) is 11.3 Å². The normalized spacial score (nSPS) is 15.9. The third-order valence-corrected chi connectivity index (χ3v) is 6.59. The van der Waals surface area contributed by atoms with Crippen LogP contribution in [0.3, 0.4) is 0 Å². The molecular weight excluding hydrogens is 370 g/mol. The highest BCUT2D eigenvalue weighted by Gasteiger charge is 2.15. The first kappa shape index (κ1) is 19.2. The van der Waals surface area contributed by atoms with E-state index in [9.17, 15) is 4.79 Å². The van der Waals surface area contributed by atoms with E-state index in [0.717, 1.165) is 50.6 Å². The molecule has 1 aliphatic heterocycles. The van der Waals surface area contributed by atoms with E-state index >= 15 is 0 Å². The molecule has 1 fully saturated rings. The number of hydrogen-bond donors (Lipinski definition) is 1. The zero-order valence-corrected chi connectivity index (χ0v) is 17.3. The highest BCUT2D eigenvalue weighted by Crippen LogP contribution is 2.29. The lowest BCUT2D eigenvalue weighted by Crippen LogP contribution is -2.35. The number of amides is 1. The van der Waals surface area contributed by atoms with Crippen molar-refractivity contribution >= 4 is 38.4 Å². The van der Waals surface area contributed by atoms with Crippen LogP contribution >= 0.6 is 11.3 Å². The molecule has 1 aromatic carbocycles. The molecule has 148 valence electrons. The van der Waals surface area contributed by atoms with Crippen LogP contribution < -0.4 is 10.1 Å². The van der Waals surface area contributed by atoms with Gasteiger partial charge in [0.2, 0.25) is 0 Å². The average molecular weight is 398 g/mol. The summed E-state index contributed by atoms with van der Waals surface area (Å²) in [6.45, 7) is 6.49. The Hall–Kier alpha value is -2.18. The van der Waals surface area contributed by atoms with Gasteiger partial charge in [0.25, 0.3) is 5.91 Å². The van der Waals surface area contributed by atoms with Crippen molar-refractivity contribution in [3.63, 3.8) is 0 Å². The summed E-state index contributed by atoms with van der Waals surface area (Å²) in [7, 11) is 1.66. The monoisotopic (exact) mass is 397 g/mol. The van der Waals surface area contributed by atoms with E-state index in [1.165, 1.54) is 37.3 Å². The molecule has 0 atom stereocenters. The number of pyridine rings is 1. The van der Waals surface area contributed by atoms with Crippen LogP contribution in [-0.4, -0.2) is 49.1 Å². The zero-order chi connectivity index (χ0) is 19.5. The molecule has 3 heterocycles. The van der Waals surface area contributed by atoms with E-state index in [-0.39, 0.29) is 5.91 Å². The fourth-order valence-electron chi connectivity index (χ4n) is 3.73. The number of nitrogens with one attached hydrogen (secondary N) is 1. The second kappa shape index (κ2) is 8.45. The van der Waals surface area contributed by atoms with Crippen LogP contribution in [0, 0.1) is 5.92 Å². The number of ether oxygens (including phenoxy) is 1. The van der Waals surface area contributed by atoms with Crippen LogP contribution in [0.25, 0.3) is 21.1 Å². The molecule has 6 heteroatoms. The third kappa shape index (κ3) is 4.28. The van der Waals surface area contributed by atoms with Crippen molar-refractivity contribution in [2.75, 3.05) is 33.3 Å². The highest BCUT2D eigenvalue weighted by atomic mass is 32.1. The number of nitrogens with zero attached hydrogens (tertiary/aromatic N) is 2. The van der Waals surface area contributed by atoms with Crippen LogP contribution in [0.4, 0.5) is 0 Å². The second-order valence-corrected chi connectivity index (χ2v) is 8.72. The molecule has 4 rings (SSSR count). The van der Waals surface area contributed by atoms with Gasteiger partial charge in [0.1, 0.15) is 10.6 Å². The lowest BCUT2D eigenvalue weighted by Gasteiger charge is -2.30. The molecule has 2 aromatic heterocycles.